The Balaban J connectivity index is 0.822. The van der Waals surface area contributed by atoms with Crippen molar-refractivity contribution >= 4 is 69.8 Å². The number of nitrogens with one attached hydrogen (secondary N) is 3. The average molecular weight is 1150 g/mol. The Hall–Kier alpha value is -6.93. The number of β-amino-alcohol motifs (C(OH)–C–C–N with tert-alkyl or cyclic N) is 1. The van der Waals surface area contributed by atoms with Crippen LogP contribution < -0.4 is 31.1 Å². The summed E-state index contributed by atoms with van der Waals surface area (Å²) in [5, 5.41) is 20.5. The van der Waals surface area contributed by atoms with E-state index in [2.05, 4.69) is 25.9 Å². The Morgan fingerprint density at radius 1 is 0.900 bits per heavy atom. The van der Waals surface area contributed by atoms with E-state index in [9.17, 15) is 33.9 Å². The first-order valence-electron chi connectivity index (χ1n) is 27.1. The molecule has 5 atom stereocenters. The van der Waals surface area contributed by atoms with Gasteiger partial charge < -0.3 is 39.8 Å². The molecule has 6 aromatic rings. The smallest absolute Gasteiger partial charge is 0.279 e. The third-order valence-corrected chi connectivity index (χ3v) is 16.1. The zero-order valence-electron chi connectivity index (χ0n) is 46.6. The van der Waals surface area contributed by atoms with Gasteiger partial charge in [-0.25, -0.2) is 15.0 Å². The quantitative estimate of drug-likeness (QED) is 0.0497. The lowest BCUT2D eigenvalue weighted by Gasteiger charge is -2.35. The highest BCUT2D eigenvalue weighted by Gasteiger charge is 2.47. The molecule has 80 heavy (non-hydrogen) atoms. The number of ether oxygens (including phenoxy) is 1. The monoisotopic (exact) mass is 1150 g/mol. The van der Waals surface area contributed by atoms with E-state index >= 15 is 0 Å². The number of carbonyl (C=O) groups excluding carboxylic acids is 5. The second-order valence-corrected chi connectivity index (χ2v) is 23.7. The number of anilines is 1. The molecule has 0 saturated carbocycles. The summed E-state index contributed by atoms with van der Waals surface area (Å²) in [5.74, 6) is -1.32. The summed E-state index contributed by atoms with van der Waals surface area (Å²) in [6, 6.07) is 14.9. The summed E-state index contributed by atoms with van der Waals surface area (Å²) in [5.41, 5.74) is 5.72. The maximum Gasteiger partial charge on any atom is 0.279 e. The predicted molar refractivity (Wildman–Crippen MR) is 310 cm³/mol. The first kappa shape index (κ1) is 59.2. The number of unbranched alkanes of at least 4 members (excludes halogenated alkanes) is 5. The number of aliphatic hydroxyl groups excluding tert-OH is 1. The normalized spacial score (nSPS) is 16.9. The molecule has 424 valence electrons. The van der Waals surface area contributed by atoms with Crippen LogP contribution in [0.5, 0.6) is 5.88 Å². The fourth-order valence-electron chi connectivity index (χ4n) is 10.5. The Bertz CT molecular complexity index is 3320. The van der Waals surface area contributed by atoms with Crippen molar-refractivity contribution in [3.05, 3.63) is 133 Å². The maximum absolute atomic E-state index is 14.6. The SMILES string of the molecule is COc1ncc(C(=O)NCCCCCCCCC(=O)N[C@H](C(=O)N2C[C@H](O)C[C@H]2C(=O)N[C@@H](C)c2ccc(-c3scnc3C)cc2)C(C)(C)C)cc1-c1nc2c(n1C(C)C)[C@@H](c1ccc(Cl)cc1)N(c1cc(Cl)cn(C)c1=O)C2=O. The molecule has 2 aliphatic heterocycles. The summed E-state index contributed by atoms with van der Waals surface area (Å²) >= 11 is 14.3. The van der Waals surface area contributed by atoms with Crippen molar-refractivity contribution in [1.29, 1.82) is 0 Å². The first-order valence-corrected chi connectivity index (χ1v) is 28.7. The number of thiazole rings is 1. The molecule has 8 rings (SSSR count). The highest BCUT2D eigenvalue weighted by molar-refractivity contribution is 7.13. The third-order valence-electron chi connectivity index (χ3n) is 14.7. The Morgan fingerprint density at radius 2 is 1.59 bits per heavy atom. The minimum Gasteiger partial charge on any atom is -0.480 e. The number of nitrogens with zero attached hydrogens (tertiary/aromatic N) is 7. The molecule has 18 nitrogen and oxygen atoms in total. The number of rotatable bonds is 21. The molecular formula is C59H70Cl2N10O8S. The van der Waals surface area contributed by atoms with E-state index in [0.29, 0.717) is 47.1 Å². The van der Waals surface area contributed by atoms with E-state index in [-0.39, 0.29) is 77.0 Å². The average Bonchev–Trinajstić information content (AvgIpc) is 4.33. The van der Waals surface area contributed by atoms with Gasteiger partial charge in [-0.3, -0.25) is 33.7 Å². The van der Waals surface area contributed by atoms with Gasteiger partial charge in [-0.15, -0.1) is 11.3 Å². The number of carbonyl (C=O) groups is 5. The fourth-order valence-corrected chi connectivity index (χ4v) is 11.7. The van der Waals surface area contributed by atoms with Crippen LogP contribution in [-0.4, -0.2) is 102 Å². The summed E-state index contributed by atoms with van der Waals surface area (Å²) in [6.07, 6.45) is 7.06. The lowest BCUT2D eigenvalue weighted by molar-refractivity contribution is -0.144. The molecule has 0 aliphatic carbocycles. The lowest BCUT2D eigenvalue weighted by atomic mass is 9.85. The van der Waals surface area contributed by atoms with Gasteiger partial charge in [-0.2, -0.15) is 0 Å². The van der Waals surface area contributed by atoms with E-state index in [4.69, 9.17) is 32.9 Å². The molecule has 2 aliphatic rings. The minimum atomic E-state index is -0.916. The molecule has 0 bridgehead atoms. The second kappa shape index (κ2) is 25.2. The number of imidazole rings is 1. The number of halogens is 2. The van der Waals surface area contributed by atoms with Crippen LogP contribution in [0.25, 0.3) is 21.8 Å². The molecule has 1 saturated heterocycles. The first-order chi connectivity index (χ1) is 38.1. The Kier molecular flexibility index (Phi) is 18.7. The van der Waals surface area contributed by atoms with Crippen LogP contribution in [0.4, 0.5) is 5.69 Å². The van der Waals surface area contributed by atoms with Gasteiger partial charge in [0.25, 0.3) is 17.4 Å². The highest BCUT2D eigenvalue weighted by atomic mass is 35.5. The van der Waals surface area contributed by atoms with E-state index in [1.54, 1.807) is 48.7 Å². The van der Waals surface area contributed by atoms with Gasteiger partial charge in [0.15, 0.2) is 5.69 Å². The largest absolute Gasteiger partial charge is 0.480 e. The van der Waals surface area contributed by atoms with E-state index in [1.165, 1.54) is 39.9 Å². The molecule has 6 heterocycles. The second-order valence-electron chi connectivity index (χ2n) is 22.0. The van der Waals surface area contributed by atoms with Crippen molar-refractivity contribution in [2.45, 2.75) is 136 Å². The van der Waals surface area contributed by atoms with Crippen molar-refractivity contribution in [3.63, 3.8) is 0 Å². The summed E-state index contributed by atoms with van der Waals surface area (Å²) in [4.78, 5) is 101. The number of likely N-dealkylation sites (tertiary alicyclic amines) is 1. The van der Waals surface area contributed by atoms with E-state index in [1.807, 2.05) is 82.8 Å². The Morgan fingerprint density at radius 3 is 2.24 bits per heavy atom. The summed E-state index contributed by atoms with van der Waals surface area (Å²) in [7, 11) is 3.04. The van der Waals surface area contributed by atoms with Crippen molar-refractivity contribution in [2.75, 3.05) is 25.1 Å². The zero-order valence-corrected chi connectivity index (χ0v) is 49.0. The van der Waals surface area contributed by atoms with Crippen LogP contribution >= 0.6 is 34.5 Å². The van der Waals surface area contributed by atoms with Gasteiger partial charge in [0.05, 0.1) is 57.2 Å². The van der Waals surface area contributed by atoms with Crippen LogP contribution in [0.3, 0.4) is 0 Å². The molecule has 5 amide bonds. The molecule has 4 N–H and O–H groups in total. The van der Waals surface area contributed by atoms with Gasteiger partial charge >= 0.3 is 0 Å². The number of methoxy groups -OCH3 is 1. The van der Waals surface area contributed by atoms with E-state index < -0.39 is 47.0 Å². The third kappa shape index (κ3) is 13.0. The van der Waals surface area contributed by atoms with Gasteiger partial charge in [0.1, 0.15) is 29.6 Å². The summed E-state index contributed by atoms with van der Waals surface area (Å²) < 4.78 is 8.94. The molecule has 0 radical (unpaired) electrons. The number of aromatic nitrogens is 5. The van der Waals surface area contributed by atoms with Crippen LogP contribution in [0.2, 0.25) is 10.0 Å². The van der Waals surface area contributed by atoms with Gasteiger partial charge in [0.2, 0.25) is 23.6 Å². The van der Waals surface area contributed by atoms with E-state index in [0.717, 1.165) is 47.4 Å². The molecule has 2 aromatic carbocycles. The van der Waals surface area contributed by atoms with Crippen LogP contribution in [0.1, 0.15) is 154 Å². The van der Waals surface area contributed by atoms with Gasteiger partial charge in [-0.05, 0) is 86.9 Å². The topological polar surface area (TPSA) is 223 Å². The molecule has 1 fully saturated rings. The minimum absolute atomic E-state index is 0.0111. The molecule has 0 spiro atoms. The number of fused-ring (bicyclic) bond motifs is 1. The Labute approximate surface area is 480 Å². The number of hydrogen-bond acceptors (Lipinski definition) is 12. The number of amides is 5. The maximum atomic E-state index is 14.6. The summed E-state index contributed by atoms with van der Waals surface area (Å²) in [6.45, 7) is 13.8. The van der Waals surface area contributed by atoms with Crippen LogP contribution in [0, 0.1) is 12.3 Å². The number of aryl methyl sites for hydroxylation is 2. The molecule has 0 unspecified atom stereocenters. The number of benzene rings is 2. The number of aliphatic hydroxyl groups is 1. The lowest BCUT2D eigenvalue weighted by Crippen LogP contribution is -2.57. The van der Waals surface area contributed by atoms with Crippen molar-refractivity contribution in [3.8, 4) is 27.7 Å². The number of pyridine rings is 2. The van der Waals surface area contributed by atoms with Crippen molar-refractivity contribution in [2.24, 2.45) is 12.5 Å². The van der Waals surface area contributed by atoms with Gasteiger partial charge in [0, 0.05) is 56.4 Å². The standard InChI is InChI=1S/C59H70Cl2N10O8S/c1-33(2)70-49-47(57(77)71(45-27-41(61)30-68(8)56(45)76)48(49)37-21-23-40(60)24-22-37)67-52(70)43-26-39(29-63-55(43)79-9)53(74)62-25-15-13-11-10-12-14-16-46(73)66-51(59(5,6)7)58(78)69-31-42(72)28-44(69)54(75)65-34(3)36-17-19-38(20-18-36)50-35(4)64-32-80-50/h17-24,26-27,29-30,32-34,42,44,48,51,72H,10-16,25,28,31H2,1-9H3,(H,62,74)(H,65,75)(H,66,73)/t34-,42+,44-,48+,51+/m0/s1. The molecule has 21 heteroatoms. The van der Waals surface area contributed by atoms with Crippen molar-refractivity contribution < 1.29 is 33.8 Å². The van der Waals surface area contributed by atoms with Crippen LogP contribution in [-0.2, 0) is 21.4 Å². The fraction of sp³-hybridized carbons (Fsp3) is 0.441. The number of hydrogen-bond donors (Lipinski definition) is 4. The molecule has 4 aromatic heterocycles. The van der Waals surface area contributed by atoms with Crippen LogP contribution in [0.15, 0.2) is 83.4 Å². The predicted octanol–water partition coefficient (Wildman–Crippen LogP) is 9.55. The van der Waals surface area contributed by atoms with Gasteiger partial charge in [-0.1, -0.05) is 106 Å². The van der Waals surface area contributed by atoms with Crippen molar-refractivity contribution in [1.82, 2.24) is 44.9 Å². The zero-order chi connectivity index (χ0) is 57.7. The molecular weight excluding hydrogens is 1080 g/mol. The highest BCUT2D eigenvalue weighted by Crippen LogP contribution is 2.45.